The predicted molar refractivity (Wildman–Crippen MR) is 131 cm³/mol. The number of benzene rings is 3. The Balaban J connectivity index is 1.41. The largest absolute Gasteiger partial charge is 0.369 e. The summed E-state index contributed by atoms with van der Waals surface area (Å²) in [5.41, 5.74) is 5.25. The minimum Gasteiger partial charge on any atom is -0.369 e. The average molecular weight is 470 g/mol. The lowest BCUT2D eigenvalue weighted by molar-refractivity contribution is 0.505. The molecule has 1 saturated heterocycles. The topological polar surface area (TPSA) is 61.4 Å². The Hall–Kier alpha value is -2.12. The summed E-state index contributed by atoms with van der Waals surface area (Å²) in [7, 11) is -3.63. The fraction of sp³-hybridized carbons (Fsp3) is 0.360. The zero-order chi connectivity index (χ0) is 22.3. The summed E-state index contributed by atoms with van der Waals surface area (Å²) in [6.45, 7) is 6.07. The number of aryl methyl sites for hydroxylation is 1. The van der Waals surface area contributed by atoms with Crippen LogP contribution in [0.5, 0.6) is 0 Å². The van der Waals surface area contributed by atoms with Crippen LogP contribution < -0.4 is 14.9 Å². The molecule has 1 heterocycles. The molecule has 0 amide bonds. The van der Waals surface area contributed by atoms with Crippen molar-refractivity contribution in [2.24, 2.45) is 0 Å². The Labute approximate surface area is 194 Å². The van der Waals surface area contributed by atoms with Gasteiger partial charge in [-0.25, -0.2) is 13.1 Å². The summed E-state index contributed by atoms with van der Waals surface area (Å²) in [6.07, 6.45) is 2.41. The van der Waals surface area contributed by atoms with Gasteiger partial charge in [0.2, 0.25) is 10.0 Å². The molecule has 3 aromatic rings. The number of rotatable bonds is 4. The second-order valence-electron chi connectivity index (χ2n) is 8.78. The third-order valence-electron chi connectivity index (χ3n) is 6.72. The number of anilines is 1. The molecule has 1 aliphatic heterocycles. The first kappa shape index (κ1) is 21.7. The molecule has 5 nitrogen and oxygen atoms in total. The molecule has 1 fully saturated rings. The summed E-state index contributed by atoms with van der Waals surface area (Å²) in [5.74, 6) is 0. The molecule has 1 aliphatic carbocycles. The standard InChI is InChI=1S/C25H28ClN3O2S/c1-17-5-10-25(29-13-11-27-12-14-29)23-16-19(6-8-21(17)23)28-32(30,31)20-7-9-22-18(15-20)3-2-4-24(22)26/h2-5,7,9-10,15,19,27-28H,6,8,11-14,16H2,1H3/t19-/m1/s1. The van der Waals surface area contributed by atoms with Gasteiger partial charge in [0, 0.05) is 48.3 Å². The maximum atomic E-state index is 13.2. The van der Waals surface area contributed by atoms with Crippen LogP contribution >= 0.6 is 11.6 Å². The van der Waals surface area contributed by atoms with Gasteiger partial charge in [0.1, 0.15) is 0 Å². The van der Waals surface area contributed by atoms with E-state index in [0.717, 1.165) is 56.2 Å². The zero-order valence-corrected chi connectivity index (χ0v) is 19.8. The number of halogens is 1. The van der Waals surface area contributed by atoms with E-state index in [1.807, 2.05) is 18.2 Å². The predicted octanol–water partition coefficient (Wildman–Crippen LogP) is 4.05. The Morgan fingerprint density at radius 1 is 1.06 bits per heavy atom. The van der Waals surface area contributed by atoms with E-state index in [0.29, 0.717) is 5.02 Å². The number of hydrogen-bond acceptors (Lipinski definition) is 4. The van der Waals surface area contributed by atoms with E-state index in [4.69, 9.17) is 11.6 Å². The molecule has 0 unspecified atom stereocenters. The van der Waals surface area contributed by atoms with E-state index in [9.17, 15) is 8.42 Å². The normalized spacial score (nSPS) is 19.2. The minimum absolute atomic E-state index is 0.119. The third-order valence-corrected chi connectivity index (χ3v) is 8.57. The van der Waals surface area contributed by atoms with Crippen molar-refractivity contribution < 1.29 is 8.42 Å². The number of hydrogen-bond donors (Lipinski definition) is 2. The van der Waals surface area contributed by atoms with Crippen molar-refractivity contribution in [1.82, 2.24) is 10.0 Å². The molecule has 3 aromatic carbocycles. The number of nitrogens with one attached hydrogen (secondary N) is 2. The fourth-order valence-corrected chi connectivity index (χ4v) is 6.57. The quantitative estimate of drug-likeness (QED) is 0.605. The zero-order valence-electron chi connectivity index (χ0n) is 18.2. The van der Waals surface area contributed by atoms with Gasteiger partial charge in [0.15, 0.2) is 0 Å². The molecule has 2 N–H and O–H groups in total. The third kappa shape index (κ3) is 4.13. The summed E-state index contributed by atoms with van der Waals surface area (Å²) >= 11 is 6.25. The van der Waals surface area contributed by atoms with E-state index >= 15 is 0 Å². The van der Waals surface area contributed by atoms with Crippen molar-refractivity contribution in [1.29, 1.82) is 0 Å². The van der Waals surface area contributed by atoms with Crippen LogP contribution in [0.2, 0.25) is 5.02 Å². The van der Waals surface area contributed by atoms with Crippen molar-refractivity contribution in [3.8, 4) is 0 Å². The molecule has 0 aromatic heterocycles. The van der Waals surface area contributed by atoms with Gasteiger partial charge in [-0.15, -0.1) is 0 Å². The summed E-state index contributed by atoms with van der Waals surface area (Å²) < 4.78 is 29.5. The monoisotopic (exact) mass is 469 g/mol. The number of nitrogens with zero attached hydrogens (tertiary/aromatic N) is 1. The van der Waals surface area contributed by atoms with Crippen LogP contribution in [0.15, 0.2) is 53.4 Å². The van der Waals surface area contributed by atoms with Gasteiger partial charge in [-0.2, -0.15) is 0 Å². The second kappa shape index (κ2) is 8.67. The van der Waals surface area contributed by atoms with Gasteiger partial charge < -0.3 is 10.2 Å². The first-order chi connectivity index (χ1) is 15.4. The lowest BCUT2D eigenvalue weighted by Gasteiger charge is -2.35. The highest BCUT2D eigenvalue weighted by atomic mass is 35.5. The van der Waals surface area contributed by atoms with Crippen molar-refractivity contribution >= 4 is 38.1 Å². The SMILES string of the molecule is Cc1ccc(N2CCNCC2)c2c1CC[C@@H](NS(=O)(=O)c1ccc3c(Cl)cccc3c1)C2. The molecule has 0 radical (unpaired) electrons. The second-order valence-corrected chi connectivity index (χ2v) is 10.9. The molecule has 168 valence electrons. The summed E-state index contributed by atoms with van der Waals surface area (Å²) in [6, 6.07) is 15.0. The number of fused-ring (bicyclic) bond motifs is 2. The highest BCUT2D eigenvalue weighted by molar-refractivity contribution is 7.89. The first-order valence-corrected chi connectivity index (χ1v) is 13.1. The average Bonchev–Trinajstić information content (AvgIpc) is 2.79. The van der Waals surface area contributed by atoms with Gasteiger partial charge in [-0.3, -0.25) is 0 Å². The summed E-state index contributed by atoms with van der Waals surface area (Å²) in [5, 5.41) is 5.71. The Morgan fingerprint density at radius 3 is 2.69 bits per heavy atom. The lowest BCUT2D eigenvalue weighted by Crippen LogP contribution is -2.45. The summed E-state index contributed by atoms with van der Waals surface area (Å²) in [4.78, 5) is 2.71. The van der Waals surface area contributed by atoms with Crippen molar-refractivity contribution in [3.63, 3.8) is 0 Å². The lowest BCUT2D eigenvalue weighted by atomic mass is 9.84. The van der Waals surface area contributed by atoms with E-state index < -0.39 is 10.0 Å². The van der Waals surface area contributed by atoms with Gasteiger partial charge in [0.05, 0.1) is 4.90 Å². The van der Waals surface area contributed by atoms with E-state index in [2.05, 4.69) is 34.0 Å². The molecule has 5 rings (SSSR count). The highest BCUT2D eigenvalue weighted by Gasteiger charge is 2.28. The number of sulfonamides is 1. The van der Waals surface area contributed by atoms with E-state index in [1.54, 1.807) is 18.2 Å². The molecule has 1 atom stereocenters. The van der Waals surface area contributed by atoms with Gasteiger partial charge in [-0.1, -0.05) is 35.9 Å². The highest BCUT2D eigenvalue weighted by Crippen LogP contribution is 2.34. The molecule has 0 saturated carbocycles. The van der Waals surface area contributed by atoms with Crippen molar-refractivity contribution in [2.45, 2.75) is 37.1 Å². The smallest absolute Gasteiger partial charge is 0.240 e. The molecule has 32 heavy (non-hydrogen) atoms. The fourth-order valence-electron chi connectivity index (χ4n) is 5.02. The Bertz CT molecular complexity index is 1270. The van der Waals surface area contributed by atoms with E-state index in [-0.39, 0.29) is 10.9 Å². The van der Waals surface area contributed by atoms with Crippen LogP contribution in [0.25, 0.3) is 10.8 Å². The van der Waals surface area contributed by atoms with Crippen molar-refractivity contribution in [3.05, 3.63) is 70.2 Å². The molecule has 0 spiro atoms. The van der Waals surface area contributed by atoms with Crippen LogP contribution in [0, 0.1) is 6.92 Å². The van der Waals surface area contributed by atoms with Gasteiger partial charge >= 0.3 is 0 Å². The van der Waals surface area contributed by atoms with Crippen LogP contribution in [-0.4, -0.2) is 40.6 Å². The number of piperazine rings is 1. The maximum absolute atomic E-state index is 13.2. The van der Waals surface area contributed by atoms with Crippen LogP contribution in [0.1, 0.15) is 23.1 Å². The van der Waals surface area contributed by atoms with Crippen LogP contribution in [0.4, 0.5) is 5.69 Å². The Kier molecular flexibility index (Phi) is 5.88. The maximum Gasteiger partial charge on any atom is 0.240 e. The Morgan fingerprint density at radius 2 is 1.88 bits per heavy atom. The minimum atomic E-state index is -3.63. The van der Waals surface area contributed by atoms with Gasteiger partial charge in [-0.05, 0) is 72.5 Å². The molecule has 7 heteroatoms. The van der Waals surface area contributed by atoms with Crippen LogP contribution in [-0.2, 0) is 22.9 Å². The van der Waals surface area contributed by atoms with Crippen LogP contribution in [0.3, 0.4) is 0 Å². The molecular formula is C25H28ClN3O2S. The van der Waals surface area contributed by atoms with E-state index in [1.165, 1.54) is 22.4 Å². The van der Waals surface area contributed by atoms with Crippen molar-refractivity contribution in [2.75, 3.05) is 31.1 Å². The molecular weight excluding hydrogens is 442 g/mol. The van der Waals surface area contributed by atoms with Gasteiger partial charge in [0.25, 0.3) is 0 Å². The molecule has 0 bridgehead atoms. The first-order valence-electron chi connectivity index (χ1n) is 11.2. The molecule has 2 aliphatic rings.